The molecule has 0 heterocycles. The predicted octanol–water partition coefficient (Wildman–Crippen LogP) is 6.39. The normalized spacial score (nSPS) is 19.9. The van der Waals surface area contributed by atoms with Crippen molar-refractivity contribution >= 4 is 11.6 Å². The molecule has 2 aromatic rings. The molecule has 30 heavy (non-hydrogen) atoms. The van der Waals surface area contributed by atoms with Crippen LogP contribution in [-0.4, -0.2) is 12.1 Å². The summed E-state index contributed by atoms with van der Waals surface area (Å²) in [6.07, 6.45) is -2.22. The van der Waals surface area contributed by atoms with Gasteiger partial charge in [0, 0.05) is 12.1 Å². The molecule has 1 saturated carbocycles. The molecule has 0 bridgehead atoms. The molecule has 0 radical (unpaired) electrons. The molecule has 0 aliphatic heterocycles. The number of carbonyl (C=O) groups excluding carboxylic acids is 1. The van der Waals surface area contributed by atoms with Gasteiger partial charge in [0.1, 0.15) is 5.82 Å². The Morgan fingerprint density at radius 3 is 2.43 bits per heavy atom. The van der Waals surface area contributed by atoms with Crippen LogP contribution in [0.2, 0.25) is 0 Å². The molecule has 2 aliphatic rings. The quantitative estimate of drug-likeness (QED) is 0.572. The number of benzene rings is 2. The number of halogens is 4. The molecule has 2 aliphatic carbocycles. The van der Waals surface area contributed by atoms with Gasteiger partial charge in [-0.2, -0.15) is 13.2 Å². The first-order chi connectivity index (χ1) is 14.1. The fraction of sp³-hybridized carbons (Fsp3) is 0.458. The second-order valence-corrected chi connectivity index (χ2v) is 8.83. The maximum absolute atomic E-state index is 13.3. The molecule has 1 unspecified atom stereocenters. The van der Waals surface area contributed by atoms with Crippen molar-refractivity contribution in [2.24, 2.45) is 5.41 Å². The van der Waals surface area contributed by atoms with Crippen molar-refractivity contribution in [3.05, 3.63) is 64.0 Å². The highest BCUT2D eigenvalue weighted by Gasteiger charge is 2.63. The first kappa shape index (κ1) is 20.9. The molecular weight excluding hydrogens is 394 g/mol. The van der Waals surface area contributed by atoms with E-state index in [4.69, 9.17) is 0 Å². The van der Waals surface area contributed by atoms with Crippen LogP contribution in [0.25, 0.3) is 0 Å². The zero-order valence-electron chi connectivity index (χ0n) is 17.1. The van der Waals surface area contributed by atoms with Crippen molar-refractivity contribution < 1.29 is 22.4 Å². The van der Waals surface area contributed by atoms with Gasteiger partial charge in [0.15, 0.2) is 0 Å². The van der Waals surface area contributed by atoms with Crippen LogP contribution in [0.15, 0.2) is 30.3 Å². The minimum Gasteiger partial charge on any atom is -0.326 e. The summed E-state index contributed by atoms with van der Waals surface area (Å²) in [7, 11) is 0. The highest BCUT2D eigenvalue weighted by atomic mass is 19.4. The molecule has 6 heteroatoms. The molecule has 2 aromatic carbocycles. The van der Waals surface area contributed by atoms with Gasteiger partial charge in [0.05, 0.1) is 5.41 Å². The topological polar surface area (TPSA) is 29.1 Å². The SMILES string of the molecule is Cc1cc2c(c(C)c1NC(=O)CC1(C(F)(F)F)CC1)CC(c1ccc(F)cc1)CC2. The zero-order valence-corrected chi connectivity index (χ0v) is 17.1. The summed E-state index contributed by atoms with van der Waals surface area (Å²) in [6.45, 7) is 3.80. The van der Waals surface area contributed by atoms with Gasteiger partial charge in [-0.1, -0.05) is 18.2 Å². The van der Waals surface area contributed by atoms with Crippen molar-refractivity contribution in [2.75, 3.05) is 5.32 Å². The standard InChI is InChI=1S/C24H25F4NO/c1-14-11-18-4-3-17(16-5-7-19(25)8-6-16)12-20(18)15(2)22(14)29-21(30)13-23(9-10-23)24(26,27)28/h5-8,11,17H,3-4,9-10,12-13H2,1-2H3,(H,29,30). The number of carbonyl (C=O) groups is 1. The smallest absolute Gasteiger partial charge is 0.326 e. The molecule has 4 rings (SSSR count). The lowest BCUT2D eigenvalue weighted by molar-refractivity contribution is -0.189. The number of amides is 1. The number of rotatable bonds is 4. The summed E-state index contributed by atoms with van der Waals surface area (Å²) >= 11 is 0. The maximum atomic E-state index is 13.3. The number of fused-ring (bicyclic) bond motifs is 1. The van der Waals surface area contributed by atoms with Crippen molar-refractivity contribution in [3.63, 3.8) is 0 Å². The molecule has 1 N–H and O–H groups in total. The van der Waals surface area contributed by atoms with Crippen molar-refractivity contribution in [3.8, 4) is 0 Å². The van der Waals surface area contributed by atoms with Gasteiger partial charge in [-0.15, -0.1) is 0 Å². The first-order valence-electron chi connectivity index (χ1n) is 10.3. The Hall–Kier alpha value is -2.37. The van der Waals surface area contributed by atoms with E-state index in [0.717, 1.165) is 41.5 Å². The largest absolute Gasteiger partial charge is 0.395 e. The number of anilines is 1. The maximum Gasteiger partial charge on any atom is 0.395 e. The summed E-state index contributed by atoms with van der Waals surface area (Å²) in [4.78, 5) is 12.5. The highest BCUT2D eigenvalue weighted by Crippen LogP contribution is 2.60. The third-order valence-electron chi connectivity index (χ3n) is 6.77. The Kier molecular flexibility index (Phi) is 5.15. The summed E-state index contributed by atoms with van der Waals surface area (Å²) in [5.74, 6) is -0.594. The molecule has 1 atom stereocenters. The first-order valence-corrected chi connectivity index (χ1v) is 10.3. The average Bonchev–Trinajstić information content (AvgIpc) is 3.46. The summed E-state index contributed by atoms with van der Waals surface area (Å²) in [5.41, 5.74) is 3.99. The van der Waals surface area contributed by atoms with Crippen LogP contribution in [0.5, 0.6) is 0 Å². The van der Waals surface area contributed by atoms with Crippen LogP contribution in [0.1, 0.15) is 59.4 Å². The van der Waals surface area contributed by atoms with E-state index in [1.54, 1.807) is 0 Å². The summed E-state index contributed by atoms with van der Waals surface area (Å²) < 4.78 is 52.9. The Labute approximate surface area is 173 Å². The van der Waals surface area contributed by atoms with Crippen molar-refractivity contribution in [2.45, 2.75) is 64.5 Å². The van der Waals surface area contributed by atoms with E-state index in [1.165, 1.54) is 17.7 Å². The Morgan fingerprint density at radius 2 is 1.83 bits per heavy atom. The lowest BCUT2D eigenvalue weighted by Gasteiger charge is -2.29. The van der Waals surface area contributed by atoms with E-state index < -0.39 is 23.9 Å². The predicted molar refractivity (Wildman–Crippen MR) is 108 cm³/mol. The van der Waals surface area contributed by atoms with Gasteiger partial charge >= 0.3 is 6.18 Å². The number of hydrogen-bond donors (Lipinski definition) is 1. The van der Waals surface area contributed by atoms with Crippen molar-refractivity contribution in [1.82, 2.24) is 0 Å². The lowest BCUT2D eigenvalue weighted by Crippen LogP contribution is -2.30. The van der Waals surface area contributed by atoms with Gasteiger partial charge in [-0.05, 0) is 91.8 Å². The van der Waals surface area contributed by atoms with Gasteiger partial charge in [0.25, 0.3) is 0 Å². The van der Waals surface area contributed by atoms with E-state index >= 15 is 0 Å². The highest BCUT2D eigenvalue weighted by molar-refractivity contribution is 5.93. The molecule has 160 valence electrons. The van der Waals surface area contributed by atoms with Crippen LogP contribution in [0, 0.1) is 25.1 Å². The zero-order chi connectivity index (χ0) is 21.7. The van der Waals surface area contributed by atoms with E-state index in [1.807, 2.05) is 32.0 Å². The molecule has 0 saturated heterocycles. The Bertz CT molecular complexity index is 974. The van der Waals surface area contributed by atoms with Gasteiger partial charge in [0.2, 0.25) is 5.91 Å². The van der Waals surface area contributed by atoms with E-state index in [0.29, 0.717) is 5.69 Å². The number of nitrogens with one attached hydrogen (secondary N) is 1. The molecule has 2 nitrogen and oxygen atoms in total. The van der Waals surface area contributed by atoms with Gasteiger partial charge in [-0.25, -0.2) is 4.39 Å². The minimum absolute atomic E-state index is 0.0193. The molecular formula is C24H25F4NO. The Balaban J connectivity index is 1.55. The van der Waals surface area contributed by atoms with E-state index in [9.17, 15) is 22.4 Å². The molecule has 0 spiro atoms. The molecule has 1 fully saturated rings. The van der Waals surface area contributed by atoms with Crippen LogP contribution in [0.3, 0.4) is 0 Å². The number of alkyl halides is 3. The van der Waals surface area contributed by atoms with Gasteiger partial charge in [-0.3, -0.25) is 4.79 Å². The Morgan fingerprint density at radius 1 is 1.17 bits per heavy atom. The second-order valence-electron chi connectivity index (χ2n) is 8.83. The van der Waals surface area contributed by atoms with Gasteiger partial charge < -0.3 is 5.32 Å². The monoisotopic (exact) mass is 419 g/mol. The summed E-state index contributed by atoms with van der Waals surface area (Å²) in [5, 5.41) is 2.77. The minimum atomic E-state index is -4.34. The third-order valence-corrected chi connectivity index (χ3v) is 6.77. The summed E-state index contributed by atoms with van der Waals surface area (Å²) in [6, 6.07) is 8.59. The third kappa shape index (κ3) is 3.84. The lowest BCUT2D eigenvalue weighted by atomic mass is 9.77. The molecule has 0 aromatic heterocycles. The molecule has 1 amide bonds. The van der Waals surface area contributed by atoms with Crippen LogP contribution < -0.4 is 5.32 Å². The fourth-order valence-corrected chi connectivity index (χ4v) is 4.71. The van der Waals surface area contributed by atoms with Crippen LogP contribution in [-0.2, 0) is 17.6 Å². The van der Waals surface area contributed by atoms with Crippen LogP contribution in [0.4, 0.5) is 23.2 Å². The number of hydrogen-bond acceptors (Lipinski definition) is 1. The van der Waals surface area contributed by atoms with E-state index in [-0.39, 0.29) is 24.6 Å². The fourth-order valence-electron chi connectivity index (χ4n) is 4.71. The van der Waals surface area contributed by atoms with Crippen molar-refractivity contribution in [1.29, 1.82) is 0 Å². The second kappa shape index (κ2) is 7.40. The average molecular weight is 419 g/mol. The van der Waals surface area contributed by atoms with E-state index in [2.05, 4.69) is 5.32 Å². The van der Waals surface area contributed by atoms with Crippen LogP contribution >= 0.6 is 0 Å². The number of aryl methyl sites for hydroxylation is 2.